The molecule has 0 amide bonds. The molecule has 5 heteroatoms. The third-order valence-electron chi connectivity index (χ3n) is 4.74. The SMILES string of the molecule is Fc1cccc(-n2cc(CN3CCCC[C@H]3c3ccccn3)cn2)c1. The molecule has 0 radical (unpaired) electrons. The van der Waals surface area contributed by atoms with Crippen LogP contribution in [0.15, 0.2) is 61.1 Å². The Labute approximate surface area is 146 Å². The minimum absolute atomic E-state index is 0.249. The van der Waals surface area contributed by atoms with Gasteiger partial charge in [0.1, 0.15) is 5.82 Å². The van der Waals surface area contributed by atoms with Crippen molar-refractivity contribution in [3.63, 3.8) is 0 Å². The molecule has 2 aromatic heterocycles. The van der Waals surface area contributed by atoms with E-state index in [1.54, 1.807) is 10.7 Å². The monoisotopic (exact) mass is 336 g/mol. The van der Waals surface area contributed by atoms with Crippen molar-refractivity contribution in [2.24, 2.45) is 0 Å². The van der Waals surface area contributed by atoms with E-state index < -0.39 is 0 Å². The maximum absolute atomic E-state index is 13.4. The zero-order chi connectivity index (χ0) is 17.1. The Bertz CT molecular complexity index is 830. The lowest BCUT2D eigenvalue weighted by atomic mass is 9.98. The molecule has 1 fully saturated rings. The molecule has 1 atom stereocenters. The maximum Gasteiger partial charge on any atom is 0.125 e. The summed E-state index contributed by atoms with van der Waals surface area (Å²) in [6, 6.07) is 13.0. The van der Waals surface area contributed by atoms with Crippen molar-refractivity contribution in [3.05, 3.63) is 78.1 Å². The zero-order valence-electron chi connectivity index (χ0n) is 14.1. The van der Waals surface area contributed by atoms with Crippen molar-refractivity contribution < 1.29 is 4.39 Å². The molecule has 1 aliphatic rings. The predicted molar refractivity (Wildman–Crippen MR) is 94.8 cm³/mol. The summed E-state index contributed by atoms with van der Waals surface area (Å²) >= 11 is 0. The van der Waals surface area contributed by atoms with Gasteiger partial charge in [0.15, 0.2) is 0 Å². The van der Waals surface area contributed by atoms with Gasteiger partial charge >= 0.3 is 0 Å². The number of hydrogen-bond donors (Lipinski definition) is 0. The molecule has 1 aromatic carbocycles. The minimum Gasteiger partial charge on any atom is -0.290 e. The van der Waals surface area contributed by atoms with E-state index in [-0.39, 0.29) is 5.82 Å². The smallest absolute Gasteiger partial charge is 0.125 e. The molecular weight excluding hydrogens is 315 g/mol. The second-order valence-electron chi connectivity index (χ2n) is 6.51. The van der Waals surface area contributed by atoms with Crippen LogP contribution in [0.5, 0.6) is 0 Å². The van der Waals surface area contributed by atoms with Crippen molar-refractivity contribution in [1.82, 2.24) is 19.7 Å². The number of hydrogen-bond acceptors (Lipinski definition) is 3. The number of piperidine rings is 1. The van der Waals surface area contributed by atoms with E-state index in [9.17, 15) is 4.39 Å². The Morgan fingerprint density at radius 3 is 2.92 bits per heavy atom. The number of nitrogens with zero attached hydrogens (tertiary/aromatic N) is 4. The number of pyridine rings is 1. The van der Waals surface area contributed by atoms with Gasteiger partial charge in [-0.25, -0.2) is 9.07 Å². The highest BCUT2D eigenvalue weighted by molar-refractivity contribution is 5.31. The van der Waals surface area contributed by atoms with Crippen LogP contribution in [0.1, 0.15) is 36.6 Å². The first-order valence-electron chi connectivity index (χ1n) is 8.74. The molecule has 0 spiro atoms. The maximum atomic E-state index is 13.4. The minimum atomic E-state index is -0.249. The fourth-order valence-corrected chi connectivity index (χ4v) is 3.52. The van der Waals surface area contributed by atoms with Crippen molar-refractivity contribution in [2.75, 3.05) is 6.54 Å². The van der Waals surface area contributed by atoms with E-state index in [0.717, 1.165) is 36.5 Å². The summed E-state index contributed by atoms with van der Waals surface area (Å²) in [5.74, 6) is -0.249. The van der Waals surface area contributed by atoms with E-state index in [1.807, 2.05) is 30.7 Å². The lowest BCUT2D eigenvalue weighted by molar-refractivity contribution is 0.137. The predicted octanol–water partition coefficient (Wildman–Crippen LogP) is 4.13. The topological polar surface area (TPSA) is 34.0 Å². The third kappa shape index (κ3) is 3.61. The first-order chi connectivity index (χ1) is 12.3. The van der Waals surface area contributed by atoms with E-state index in [2.05, 4.69) is 27.1 Å². The largest absolute Gasteiger partial charge is 0.290 e. The molecule has 4 rings (SSSR count). The molecule has 1 aliphatic heterocycles. The van der Waals surface area contributed by atoms with Crippen LogP contribution < -0.4 is 0 Å². The molecule has 128 valence electrons. The highest BCUT2D eigenvalue weighted by Gasteiger charge is 2.25. The average Bonchev–Trinajstić information content (AvgIpc) is 3.12. The molecule has 0 saturated carbocycles. The fourth-order valence-electron chi connectivity index (χ4n) is 3.52. The van der Waals surface area contributed by atoms with E-state index in [4.69, 9.17) is 0 Å². The molecule has 0 unspecified atom stereocenters. The van der Waals surface area contributed by atoms with Crippen molar-refractivity contribution in [1.29, 1.82) is 0 Å². The number of benzene rings is 1. The van der Waals surface area contributed by atoms with E-state index in [0.29, 0.717) is 6.04 Å². The summed E-state index contributed by atoms with van der Waals surface area (Å²) in [6.07, 6.45) is 9.30. The van der Waals surface area contributed by atoms with Crippen LogP contribution in [0.4, 0.5) is 4.39 Å². The average molecular weight is 336 g/mol. The number of aromatic nitrogens is 3. The standard InChI is InChI=1S/C20H21FN4/c21-17-6-5-7-18(12-17)25-15-16(13-23-25)14-24-11-4-2-9-20(24)19-8-1-3-10-22-19/h1,3,5-8,10,12-13,15,20H,2,4,9,11,14H2/t20-/m0/s1. The molecule has 3 aromatic rings. The Hall–Kier alpha value is -2.53. The second-order valence-corrected chi connectivity index (χ2v) is 6.51. The van der Waals surface area contributed by atoms with Crippen LogP contribution in [0, 0.1) is 5.82 Å². The van der Waals surface area contributed by atoms with Crippen LogP contribution >= 0.6 is 0 Å². The van der Waals surface area contributed by atoms with Crippen LogP contribution in [-0.2, 0) is 6.54 Å². The molecule has 0 N–H and O–H groups in total. The van der Waals surface area contributed by atoms with Crippen LogP contribution in [0.25, 0.3) is 5.69 Å². The number of halogens is 1. The number of rotatable bonds is 4. The van der Waals surface area contributed by atoms with Gasteiger partial charge in [0.05, 0.1) is 23.6 Å². The quantitative estimate of drug-likeness (QED) is 0.718. The zero-order valence-corrected chi connectivity index (χ0v) is 14.1. The van der Waals surface area contributed by atoms with Gasteiger partial charge in [-0.3, -0.25) is 9.88 Å². The first kappa shape index (κ1) is 16.0. The Kier molecular flexibility index (Phi) is 4.57. The Morgan fingerprint density at radius 1 is 1.12 bits per heavy atom. The third-order valence-corrected chi connectivity index (χ3v) is 4.74. The highest BCUT2D eigenvalue weighted by atomic mass is 19.1. The van der Waals surface area contributed by atoms with Crippen LogP contribution in [0.3, 0.4) is 0 Å². The van der Waals surface area contributed by atoms with Crippen molar-refractivity contribution in [2.45, 2.75) is 31.8 Å². The normalized spacial score (nSPS) is 18.4. The summed E-state index contributed by atoms with van der Waals surface area (Å²) in [5, 5.41) is 4.40. The Morgan fingerprint density at radius 2 is 2.08 bits per heavy atom. The lowest BCUT2D eigenvalue weighted by Gasteiger charge is -2.35. The summed E-state index contributed by atoms with van der Waals surface area (Å²) in [7, 11) is 0. The lowest BCUT2D eigenvalue weighted by Crippen LogP contribution is -2.33. The molecule has 1 saturated heterocycles. The van der Waals surface area contributed by atoms with Gasteiger partial charge in [0.25, 0.3) is 0 Å². The molecule has 0 aliphatic carbocycles. The Balaban J connectivity index is 1.53. The molecule has 4 nitrogen and oxygen atoms in total. The van der Waals surface area contributed by atoms with Crippen molar-refractivity contribution >= 4 is 0 Å². The summed E-state index contributed by atoms with van der Waals surface area (Å²) in [5.41, 5.74) is 3.01. The van der Waals surface area contributed by atoms with E-state index >= 15 is 0 Å². The fraction of sp³-hybridized carbons (Fsp3) is 0.300. The molecule has 25 heavy (non-hydrogen) atoms. The van der Waals surface area contributed by atoms with Gasteiger partial charge in [0.2, 0.25) is 0 Å². The summed E-state index contributed by atoms with van der Waals surface area (Å²) in [4.78, 5) is 7.02. The van der Waals surface area contributed by atoms with Crippen LogP contribution in [0.2, 0.25) is 0 Å². The highest BCUT2D eigenvalue weighted by Crippen LogP contribution is 2.30. The van der Waals surface area contributed by atoms with Gasteiger partial charge in [-0.05, 0) is 49.7 Å². The van der Waals surface area contributed by atoms with Crippen LogP contribution in [-0.4, -0.2) is 26.2 Å². The molecular formula is C20H21FN4. The summed E-state index contributed by atoms with van der Waals surface area (Å²) in [6.45, 7) is 1.89. The molecule has 0 bridgehead atoms. The van der Waals surface area contributed by atoms with E-state index in [1.165, 1.54) is 25.0 Å². The molecule has 3 heterocycles. The number of likely N-dealkylation sites (tertiary alicyclic amines) is 1. The summed E-state index contributed by atoms with van der Waals surface area (Å²) < 4.78 is 15.1. The van der Waals surface area contributed by atoms with Gasteiger partial charge in [-0.1, -0.05) is 18.6 Å². The van der Waals surface area contributed by atoms with Gasteiger partial charge < -0.3 is 0 Å². The first-order valence-corrected chi connectivity index (χ1v) is 8.74. The van der Waals surface area contributed by atoms with Crippen molar-refractivity contribution in [3.8, 4) is 5.69 Å². The second kappa shape index (κ2) is 7.15. The van der Waals surface area contributed by atoms with Gasteiger partial charge in [-0.2, -0.15) is 5.10 Å². The van der Waals surface area contributed by atoms with Gasteiger partial charge in [-0.15, -0.1) is 0 Å². The van der Waals surface area contributed by atoms with Gasteiger partial charge in [0, 0.05) is 24.5 Å².